The number of aromatic hydroxyl groups is 1. The largest absolute Gasteiger partial charge is 0.504 e. The van der Waals surface area contributed by atoms with Gasteiger partial charge in [-0.25, -0.2) is 13.4 Å². The van der Waals surface area contributed by atoms with Gasteiger partial charge in [-0.2, -0.15) is 0 Å². The number of aryl methyl sites for hydroxylation is 2. The molecule has 0 spiro atoms. The number of anilines is 2. The number of rotatable bonds is 5. The summed E-state index contributed by atoms with van der Waals surface area (Å²) in [5, 5.41) is 12.2. The Balaban J connectivity index is 1.90. The van der Waals surface area contributed by atoms with E-state index >= 15 is 0 Å². The van der Waals surface area contributed by atoms with Gasteiger partial charge in [0.1, 0.15) is 0 Å². The fourth-order valence-electron chi connectivity index (χ4n) is 2.62. The summed E-state index contributed by atoms with van der Waals surface area (Å²) in [6.45, 7) is 3.51. The van der Waals surface area contributed by atoms with Crippen LogP contribution in [0.15, 0.2) is 65.7 Å². The van der Waals surface area contributed by atoms with E-state index in [0.29, 0.717) is 11.3 Å². The van der Waals surface area contributed by atoms with Gasteiger partial charge in [-0.1, -0.05) is 18.2 Å². The maximum atomic E-state index is 12.8. The van der Waals surface area contributed by atoms with E-state index in [0.717, 1.165) is 5.56 Å². The van der Waals surface area contributed by atoms with Crippen LogP contribution in [-0.4, -0.2) is 24.4 Å². The highest BCUT2D eigenvalue weighted by Crippen LogP contribution is 2.23. The van der Waals surface area contributed by atoms with Crippen LogP contribution < -0.4 is 10.0 Å². The van der Waals surface area contributed by atoms with Crippen LogP contribution in [-0.2, 0) is 10.0 Å². The minimum Gasteiger partial charge on any atom is -0.504 e. The molecule has 3 N–H and O–H groups in total. The molecule has 0 aliphatic carbocycles. The maximum absolute atomic E-state index is 12.8. The van der Waals surface area contributed by atoms with Crippen molar-refractivity contribution < 1.29 is 18.3 Å². The Morgan fingerprint density at radius 3 is 2.54 bits per heavy atom. The Morgan fingerprint density at radius 2 is 1.82 bits per heavy atom. The molecule has 0 unspecified atom stereocenters. The quantitative estimate of drug-likeness (QED) is 0.611. The monoisotopic (exact) mass is 397 g/mol. The molecular formula is C20H19N3O4S. The number of hydrogen-bond donors (Lipinski definition) is 3. The van der Waals surface area contributed by atoms with Crippen LogP contribution >= 0.6 is 0 Å². The van der Waals surface area contributed by atoms with Crippen molar-refractivity contribution in [1.29, 1.82) is 0 Å². The van der Waals surface area contributed by atoms with Gasteiger partial charge in [0.05, 0.1) is 4.90 Å². The van der Waals surface area contributed by atoms with Gasteiger partial charge in [0.2, 0.25) is 0 Å². The van der Waals surface area contributed by atoms with Gasteiger partial charge in [-0.3, -0.25) is 9.52 Å². The first-order valence-electron chi connectivity index (χ1n) is 8.42. The lowest BCUT2D eigenvalue weighted by Gasteiger charge is -2.12. The number of carbonyl (C=O) groups excluding carboxylic acids is 1. The Hall–Kier alpha value is -3.39. The lowest BCUT2D eigenvalue weighted by Crippen LogP contribution is -2.17. The maximum Gasteiger partial charge on any atom is 0.262 e. The first-order chi connectivity index (χ1) is 13.3. The molecule has 1 aromatic heterocycles. The van der Waals surface area contributed by atoms with Crippen LogP contribution in [0.5, 0.6) is 5.75 Å². The van der Waals surface area contributed by atoms with Crippen molar-refractivity contribution in [2.24, 2.45) is 0 Å². The normalized spacial score (nSPS) is 11.1. The highest BCUT2D eigenvalue weighted by atomic mass is 32.2. The molecule has 0 aliphatic heterocycles. The van der Waals surface area contributed by atoms with E-state index in [9.17, 15) is 18.3 Å². The van der Waals surface area contributed by atoms with Gasteiger partial charge >= 0.3 is 0 Å². The second-order valence-corrected chi connectivity index (χ2v) is 7.93. The van der Waals surface area contributed by atoms with Crippen molar-refractivity contribution in [3.63, 3.8) is 0 Å². The van der Waals surface area contributed by atoms with Crippen molar-refractivity contribution in [3.8, 4) is 5.75 Å². The third kappa shape index (κ3) is 4.29. The second kappa shape index (κ2) is 7.69. The fourth-order valence-corrected chi connectivity index (χ4v) is 3.94. The van der Waals surface area contributed by atoms with E-state index in [1.54, 1.807) is 31.2 Å². The summed E-state index contributed by atoms with van der Waals surface area (Å²) in [5.41, 5.74) is 1.98. The highest BCUT2D eigenvalue weighted by Gasteiger charge is 2.20. The Bertz CT molecular complexity index is 1140. The summed E-state index contributed by atoms with van der Waals surface area (Å²) >= 11 is 0. The van der Waals surface area contributed by atoms with E-state index in [4.69, 9.17) is 0 Å². The van der Waals surface area contributed by atoms with Gasteiger partial charge in [0.25, 0.3) is 15.9 Å². The SMILES string of the molecule is Cc1cccc(NS(=O)(=O)c2cc(C(=O)Nc3ncccc3O)ccc2C)c1. The van der Waals surface area contributed by atoms with Crippen LogP contribution in [0.3, 0.4) is 0 Å². The zero-order chi connectivity index (χ0) is 20.3. The van der Waals surface area contributed by atoms with Gasteiger partial charge in [0.15, 0.2) is 11.6 Å². The number of nitrogens with zero attached hydrogens (tertiary/aromatic N) is 1. The van der Waals surface area contributed by atoms with Crippen LogP contribution in [0.25, 0.3) is 0 Å². The number of amides is 1. The fraction of sp³-hybridized carbons (Fsp3) is 0.100. The molecule has 3 aromatic rings. The molecular weight excluding hydrogens is 378 g/mol. The Morgan fingerprint density at radius 1 is 1.04 bits per heavy atom. The van der Waals surface area contributed by atoms with Crippen LogP contribution in [0.4, 0.5) is 11.5 Å². The minimum atomic E-state index is -3.89. The lowest BCUT2D eigenvalue weighted by atomic mass is 10.1. The van der Waals surface area contributed by atoms with Crippen molar-refractivity contribution in [2.45, 2.75) is 18.7 Å². The summed E-state index contributed by atoms with van der Waals surface area (Å²) in [6, 6.07) is 14.3. The van der Waals surface area contributed by atoms with Gasteiger partial charge < -0.3 is 10.4 Å². The molecule has 0 bridgehead atoms. The number of hydrogen-bond acceptors (Lipinski definition) is 5. The number of carbonyl (C=O) groups is 1. The summed E-state index contributed by atoms with van der Waals surface area (Å²) in [4.78, 5) is 16.4. The topological polar surface area (TPSA) is 108 Å². The third-order valence-electron chi connectivity index (χ3n) is 4.03. The first-order valence-corrected chi connectivity index (χ1v) is 9.90. The predicted octanol–water partition coefficient (Wildman–Crippen LogP) is 3.46. The van der Waals surface area contributed by atoms with Crippen LogP contribution in [0, 0.1) is 13.8 Å². The molecule has 3 rings (SSSR count). The van der Waals surface area contributed by atoms with E-state index < -0.39 is 15.9 Å². The van der Waals surface area contributed by atoms with Gasteiger partial charge in [-0.15, -0.1) is 0 Å². The van der Waals surface area contributed by atoms with E-state index in [-0.39, 0.29) is 22.0 Å². The summed E-state index contributed by atoms with van der Waals surface area (Å²) in [5.74, 6) is -0.770. The Kier molecular flexibility index (Phi) is 5.32. The van der Waals surface area contributed by atoms with Crippen LogP contribution in [0.2, 0.25) is 0 Å². The summed E-state index contributed by atoms with van der Waals surface area (Å²) in [6.07, 6.45) is 1.42. The Labute approximate surface area is 163 Å². The molecule has 0 radical (unpaired) electrons. The molecule has 7 nitrogen and oxygen atoms in total. The van der Waals surface area contributed by atoms with E-state index in [2.05, 4.69) is 15.0 Å². The zero-order valence-corrected chi connectivity index (χ0v) is 16.1. The number of sulfonamides is 1. The highest BCUT2D eigenvalue weighted by molar-refractivity contribution is 7.92. The van der Waals surface area contributed by atoms with Gasteiger partial charge in [-0.05, 0) is 61.4 Å². The molecule has 28 heavy (non-hydrogen) atoms. The molecule has 2 aromatic carbocycles. The smallest absolute Gasteiger partial charge is 0.262 e. The summed E-state index contributed by atoms with van der Waals surface area (Å²) < 4.78 is 28.2. The van der Waals surface area contributed by atoms with E-state index in [1.807, 2.05) is 13.0 Å². The van der Waals surface area contributed by atoms with Crippen molar-refractivity contribution >= 4 is 27.4 Å². The standard InChI is InChI=1S/C20H19N3O4S/c1-13-5-3-6-16(11-13)23-28(26,27)18-12-15(9-8-14(18)2)20(25)22-19-17(24)7-4-10-21-19/h3-12,23-24H,1-2H3,(H,21,22,25). The molecule has 8 heteroatoms. The molecule has 144 valence electrons. The molecule has 0 fully saturated rings. The summed E-state index contributed by atoms with van der Waals surface area (Å²) in [7, 11) is -3.89. The number of pyridine rings is 1. The molecule has 1 amide bonds. The first kappa shape index (κ1) is 19.4. The average molecular weight is 397 g/mol. The second-order valence-electron chi connectivity index (χ2n) is 6.28. The van der Waals surface area contributed by atoms with E-state index in [1.165, 1.54) is 30.5 Å². The zero-order valence-electron chi connectivity index (χ0n) is 15.3. The average Bonchev–Trinajstić information content (AvgIpc) is 2.63. The third-order valence-corrected chi connectivity index (χ3v) is 5.55. The van der Waals surface area contributed by atoms with Gasteiger partial charge in [0, 0.05) is 17.4 Å². The molecule has 0 saturated carbocycles. The lowest BCUT2D eigenvalue weighted by molar-refractivity contribution is 0.102. The molecule has 1 heterocycles. The number of nitrogens with one attached hydrogen (secondary N) is 2. The van der Waals surface area contributed by atoms with Crippen molar-refractivity contribution in [1.82, 2.24) is 4.98 Å². The molecule has 0 aliphatic rings. The predicted molar refractivity (Wildman–Crippen MR) is 107 cm³/mol. The minimum absolute atomic E-state index is 0.00429. The molecule has 0 saturated heterocycles. The van der Waals surface area contributed by atoms with Crippen LogP contribution in [0.1, 0.15) is 21.5 Å². The van der Waals surface area contributed by atoms with Crippen molar-refractivity contribution in [2.75, 3.05) is 10.0 Å². The number of aromatic nitrogens is 1. The van der Waals surface area contributed by atoms with Crippen molar-refractivity contribution in [3.05, 3.63) is 77.5 Å². The molecule has 0 atom stereocenters. The number of benzene rings is 2.